The second-order valence-electron chi connectivity index (χ2n) is 2.54. The molecule has 0 aliphatic carbocycles. The van der Waals surface area contributed by atoms with Gasteiger partial charge in [0.15, 0.2) is 0 Å². The summed E-state index contributed by atoms with van der Waals surface area (Å²) >= 11 is 11.5. The van der Waals surface area contributed by atoms with E-state index in [1.807, 2.05) is 0 Å². The molecule has 4 nitrogen and oxygen atoms in total. The van der Waals surface area contributed by atoms with Gasteiger partial charge in [0.25, 0.3) is 0 Å². The van der Waals surface area contributed by atoms with E-state index >= 15 is 0 Å². The number of halogens is 2. The van der Waals surface area contributed by atoms with Gasteiger partial charge in [0.2, 0.25) is 5.96 Å². The molecule has 1 aromatic rings. The van der Waals surface area contributed by atoms with Crippen LogP contribution in [-0.4, -0.2) is 5.96 Å². The fraction of sp³-hybridized carbons (Fsp3) is 0.125. The van der Waals surface area contributed by atoms with Gasteiger partial charge in [-0.3, -0.25) is 0 Å². The number of benzene rings is 1. The van der Waals surface area contributed by atoms with Crippen LogP contribution in [0.3, 0.4) is 0 Å². The molecule has 6 heteroatoms. The molecule has 0 bridgehead atoms. The van der Waals surface area contributed by atoms with Crippen molar-refractivity contribution in [1.29, 1.82) is 0 Å². The summed E-state index contributed by atoms with van der Waals surface area (Å²) in [5.41, 5.74) is 11.0. The molecular formula is C8H9Cl2N3O. The topological polar surface area (TPSA) is 73.6 Å². The Morgan fingerprint density at radius 2 is 2.00 bits per heavy atom. The van der Waals surface area contributed by atoms with E-state index in [1.54, 1.807) is 18.2 Å². The normalized spacial score (nSPS) is 9.57. The molecule has 0 amide bonds. The van der Waals surface area contributed by atoms with E-state index in [9.17, 15) is 0 Å². The zero-order valence-electron chi connectivity index (χ0n) is 7.21. The van der Waals surface area contributed by atoms with Gasteiger partial charge in [0.05, 0.1) is 10.0 Å². The highest BCUT2D eigenvalue weighted by Crippen LogP contribution is 2.22. The molecule has 14 heavy (non-hydrogen) atoms. The van der Waals surface area contributed by atoms with E-state index in [4.69, 9.17) is 39.5 Å². The molecular weight excluding hydrogens is 225 g/mol. The smallest absolute Gasteiger partial charge is 0.228 e. The predicted octanol–water partition coefficient (Wildman–Crippen LogP) is 1.70. The molecule has 0 aliphatic heterocycles. The summed E-state index contributed by atoms with van der Waals surface area (Å²) in [7, 11) is 0. The molecule has 1 aromatic carbocycles. The first-order valence-corrected chi connectivity index (χ1v) is 4.50. The lowest BCUT2D eigenvalue weighted by molar-refractivity contribution is 0.130. The van der Waals surface area contributed by atoms with E-state index in [0.717, 1.165) is 5.56 Å². The van der Waals surface area contributed by atoms with Gasteiger partial charge in [0.1, 0.15) is 6.61 Å². The Bertz CT molecular complexity index is 350. The number of hydrogen-bond donors (Lipinski definition) is 2. The van der Waals surface area contributed by atoms with Crippen molar-refractivity contribution >= 4 is 29.2 Å². The van der Waals surface area contributed by atoms with Crippen LogP contribution in [0.5, 0.6) is 0 Å². The average molecular weight is 234 g/mol. The van der Waals surface area contributed by atoms with E-state index in [0.29, 0.717) is 10.0 Å². The SMILES string of the molecule is NC(N)=NOCc1ccc(Cl)c(Cl)c1. The fourth-order valence-corrected chi connectivity index (χ4v) is 1.13. The Morgan fingerprint density at radius 1 is 1.29 bits per heavy atom. The molecule has 0 aromatic heterocycles. The molecule has 1 rings (SSSR count). The van der Waals surface area contributed by atoms with E-state index in [2.05, 4.69) is 5.16 Å². The molecule has 0 radical (unpaired) electrons. The summed E-state index contributed by atoms with van der Waals surface area (Å²) in [5, 5.41) is 4.34. The highest BCUT2D eigenvalue weighted by atomic mass is 35.5. The molecule has 0 atom stereocenters. The lowest BCUT2D eigenvalue weighted by Gasteiger charge is -2.01. The number of rotatable bonds is 3. The molecule has 0 saturated heterocycles. The maximum atomic E-state index is 5.78. The third kappa shape index (κ3) is 3.32. The fourth-order valence-electron chi connectivity index (χ4n) is 0.811. The van der Waals surface area contributed by atoms with Gasteiger partial charge in [-0.05, 0) is 22.9 Å². The highest BCUT2D eigenvalue weighted by molar-refractivity contribution is 6.42. The molecule has 76 valence electrons. The maximum absolute atomic E-state index is 5.78. The Labute approximate surface area is 91.4 Å². The maximum Gasteiger partial charge on any atom is 0.228 e. The zero-order valence-corrected chi connectivity index (χ0v) is 8.72. The summed E-state index contributed by atoms with van der Waals surface area (Å²) in [6.45, 7) is 0.245. The van der Waals surface area contributed by atoms with Gasteiger partial charge in [-0.25, -0.2) is 0 Å². The van der Waals surface area contributed by atoms with Gasteiger partial charge in [0, 0.05) is 0 Å². The Balaban J connectivity index is 2.60. The van der Waals surface area contributed by atoms with E-state index < -0.39 is 0 Å². The van der Waals surface area contributed by atoms with Crippen LogP contribution < -0.4 is 11.5 Å². The van der Waals surface area contributed by atoms with Crippen molar-refractivity contribution in [2.24, 2.45) is 16.6 Å². The second kappa shape index (κ2) is 4.93. The zero-order chi connectivity index (χ0) is 10.6. The summed E-state index contributed by atoms with van der Waals surface area (Å²) in [6, 6.07) is 5.14. The van der Waals surface area contributed by atoms with Crippen molar-refractivity contribution in [1.82, 2.24) is 0 Å². The first-order chi connectivity index (χ1) is 6.59. The van der Waals surface area contributed by atoms with Crippen molar-refractivity contribution in [2.75, 3.05) is 0 Å². The van der Waals surface area contributed by atoms with Gasteiger partial charge in [-0.15, -0.1) is 0 Å². The third-order valence-electron chi connectivity index (χ3n) is 1.39. The molecule has 0 heterocycles. The number of nitrogens with zero attached hydrogens (tertiary/aromatic N) is 1. The van der Waals surface area contributed by atoms with Crippen LogP contribution in [0.1, 0.15) is 5.56 Å². The van der Waals surface area contributed by atoms with Crippen LogP contribution in [0.4, 0.5) is 0 Å². The first-order valence-electron chi connectivity index (χ1n) is 3.74. The van der Waals surface area contributed by atoms with Crippen LogP contribution in [-0.2, 0) is 11.4 Å². The van der Waals surface area contributed by atoms with Crippen molar-refractivity contribution in [3.63, 3.8) is 0 Å². The minimum Gasteiger partial charge on any atom is -0.388 e. The van der Waals surface area contributed by atoms with E-state index in [1.165, 1.54) is 0 Å². The first kappa shape index (κ1) is 10.9. The van der Waals surface area contributed by atoms with Crippen LogP contribution in [0.2, 0.25) is 10.0 Å². The number of hydrogen-bond acceptors (Lipinski definition) is 2. The van der Waals surface area contributed by atoms with Crippen molar-refractivity contribution < 1.29 is 4.84 Å². The molecule has 0 spiro atoms. The van der Waals surface area contributed by atoms with Gasteiger partial charge < -0.3 is 16.3 Å². The van der Waals surface area contributed by atoms with Gasteiger partial charge >= 0.3 is 0 Å². The summed E-state index contributed by atoms with van der Waals surface area (Å²) in [6.07, 6.45) is 0. The number of guanidine groups is 1. The van der Waals surface area contributed by atoms with Crippen molar-refractivity contribution in [2.45, 2.75) is 6.61 Å². The van der Waals surface area contributed by atoms with Crippen molar-refractivity contribution in [3.05, 3.63) is 33.8 Å². The van der Waals surface area contributed by atoms with Crippen LogP contribution >= 0.6 is 23.2 Å². The molecule has 0 fully saturated rings. The molecule has 0 unspecified atom stereocenters. The van der Waals surface area contributed by atoms with E-state index in [-0.39, 0.29) is 12.6 Å². The highest BCUT2D eigenvalue weighted by Gasteiger charge is 1.99. The standard InChI is InChI=1S/C8H9Cl2N3O/c9-6-2-1-5(3-7(6)10)4-14-13-8(11)12/h1-3H,4H2,(H4,11,12,13). The lowest BCUT2D eigenvalue weighted by Crippen LogP contribution is -2.22. The van der Waals surface area contributed by atoms with Crippen LogP contribution in [0.15, 0.2) is 23.4 Å². The molecule has 4 N–H and O–H groups in total. The average Bonchev–Trinajstić information content (AvgIpc) is 2.10. The van der Waals surface area contributed by atoms with Gasteiger partial charge in [-0.1, -0.05) is 29.3 Å². The van der Waals surface area contributed by atoms with Crippen LogP contribution in [0.25, 0.3) is 0 Å². The Kier molecular flexibility index (Phi) is 3.85. The van der Waals surface area contributed by atoms with Crippen molar-refractivity contribution in [3.8, 4) is 0 Å². The Hall–Kier alpha value is -1.13. The number of oxime groups is 1. The minimum absolute atomic E-state index is 0.120. The summed E-state index contributed by atoms with van der Waals surface area (Å²) in [5.74, 6) is -0.120. The third-order valence-corrected chi connectivity index (χ3v) is 2.12. The lowest BCUT2D eigenvalue weighted by atomic mass is 10.2. The quantitative estimate of drug-likeness (QED) is 0.474. The van der Waals surface area contributed by atoms with Gasteiger partial charge in [-0.2, -0.15) is 0 Å². The Morgan fingerprint density at radius 3 is 2.57 bits per heavy atom. The summed E-state index contributed by atoms with van der Waals surface area (Å²) in [4.78, 5) is 4.81. The largest absolute Gasteiger partial charge is 0.388 e. The van der Waals surface area contributed by atoms with Crippen LogP contribution in [0, 0.1) is 0 Å². The monoisotopic (exact) mass is 233 g/mol. The molecule has 0 saturated carbocycles. The second-order valence-corrected chi connectivity index (χ2v) is 3.35. The minimum atomic E-state index is -0.120. The predicted molar refractivity (Wildman–Crippen MR) is 57.1 cm³/mol. The summed E-state index contributed by atoms with van der Waals surface area (Å²) < 4.78 is 0. The molecule has 0 aliphatic rings. The number of nitrogens with two attached hydrogens (primary N) is 2.